The Kier molecular flexibility index (Phi) is 5.78. The zero-order chi connectivity index (χ0) is 17.8. The van der Waals surface area contributed by atoms with Crippen molar-refractivity contribution in [1.29, 1.82) is 0 Å². The van der Waals surface area contributed by atoms with Gasteiger partial charge in [0.1, 0.15) is 5.82 Å². The van der Waals surface area contributed by atoms with E-state index in [2.05, 4.69) is 21.6 Å². The van der Waals surface area contributed by atoms with Crippen LogP contribution in [0.15, 0.2) is 46.9 Å². The summed E-state index contributed by atoms with van der Waals surface area (Å²) in [7, 11) is 1.92. The molecule has 0 aliphatic carbocycles. The first-order chi connectivity index (χ1) is 12.0. The van der Waals surface area contributed by atoms with Gasteiger partial charge in [-0.1, -0.05) is 35.5 Å². The molecule has 0 saturated carbocycles. The van der Waals surface area contributed by atoms with E-state index in [-0.39, 0.29) is 11.2 Å². The van der Waals surface area contributed by atoms with Crippen LogP contribution in [0.4, 0.5) is 5.69 Å². The minimum absolute atomic E-state index is 0.102. The normalized spacial score (nSPS) is 12.1. The van der Waals surface area contributed by atoms with Crippen molar-refractivity contribution in [3.63, 3.8) is 0 Å². The van der Waals surface area contributed by atoms with Crippen molar-refractivity contribution in [3.8, 4) is 0 Å². The van der Waals surface area contributed by atoms with Crippen LogP contribution in [-0.4, -0.2) is 25.9 Å². The first-order valence-corrected chi connectivity index (χ1v) is 9.80. The predicted molar refractivity (Wildman–Crippen MR) is 104 cm³/mol. The van der Waals surface area contributed by atoms with Crippen LogP contribution in [0.25, 0.3) is 0 Å². The Labute approximate surface area is 159 Å². The highest BCUT2D eigenvalue weighted by Gasteiger charge is 2.19. The number of amides is 1. The van der Waals surface area contributed by atoms with Crippen molar-refractivity contribution in [3.05, 3.63) is 57.5 Å². The number of thioether (sulfide) groups is 1. The molecule has 0 aliphatic rings. The number of aromatic nitrogens is 3. The number of halogens is 1. The maximum Gasteiger partial charge on any atom is 0.237 e. The number of nitrogens with one attached hydrogen (secondary N) is 1. The van der Waals surface area contributed by atoms with Gasteiger partial charge in [0.25, 0.3) is 0 Å². The van der Waals surface area contributed by atoms with Gasteiger partial charge in [0, 0.05) is 29.1 Å². The maximum absolute atomic E-state index is 12.4. The quantitative estimate of drug-likeness (QED) is 0.637. The third-order valence-corrected chi connectivity index (χ3v) is 5.83. The van der Waals surface area contributed by atoms with E-state index in [4.69, 9.17) is 11.6 Å². The van der Waals surface area contributed by atoms with Gasteiger partial charge in [0.05, 0.1) is 5.25 Å². The highest BCUT2D eigenvalue weighted by Crippen LogP contribution is 2.24. The Morgan fingerprint density at radius 3 is 2.92 bits per heavy atom. The summed E-state index contributed by atoms with van der Waals surface area (Å²) in [6.07, 6.45) is 0.741. The predicted octanol–water partition coefficient (Wildman–Crippen LogP) is 4.24. The van der Waals surface area contributed by atoms with Gasteiger partial charge < -0.3 is 9.88 Å². The van der Waals surface area contributed by atoms with Crippen molar-refractivity contribution in [1.82, 2.24) is 14.8 Å². The first-order valence-electron chi connectivity index (χ1n) is 7.66. The van der Waals surface area contributed by atoms with Crippen LogP contribution in [0, 0.1) is 0 Å². The topological polar surface area (TPSA) is 59.8 Å². The average molecular weight is 393 g/mol. The molecule has 8 heteroatoms. The van der Waals surface area contributed by atoms with Gasteiger partial charge in [-0.3, -0.25) is 4.79 Å². The highest BCUT2D eigenvalue weighted by molar-refractivity contribution is 8.00. The van der Waals surface area contributed by atoms with Gasteiger partial charge in [0.2, 0.25) is 5.91 Å². The van der Waals surface area contributed by atoms with Gasteiger partial charge in [0.15, 0.2) is 5.16 Å². The molecule has 2 heterocycles. The Balaban J connectivity index is 1.63. The number of hydrogen-bond acceptors (Lipinski definition) is 5. The molecule has 1 aromatic carbocycles. The second-order valence-corrected chi connectivity index (χ2v) is 8.25. The molecule has 0 bridgehead atoms. The van der Waals surface area contributed by atoms with Gasteiger partial charge >= 0.3 is 0 Å². The summed E-state index contributed by atoms with van der Waals surface area (Å²) in [5, 5.41) is 14.4. The third-order valence-electron chi connectivity index (χ3n) is 3.58. The first kappa shape index (κ1) is 18.0. The van der Waals surface area contributed by atoms with Crippen LogP contribution in [0.3, 0.4) is 0 Å². The van der Waals surface area contributed by atoms with Crippen LogP contribution in [0.5, 0.6) is 0 Å². The van der Waals surface area contributed by atoms with Crippen molar-refractivity contribution < 1.29 is 4.79 Å². The largest absolute Gasteiger partial charge is 0.325 e. The van der Waals surface area contributed by atoms with Gasteiger partial charge in [-0.15, -0.1) is 21.5 Å². The number of rotatable bonds is 6. The van der Waals surface area contributed by atoms with Crippen LogP contribution in [-0.2, 0) is 18.3 Å². The number of carbonyl (C=O) groups is 1. The molecular weight excluding hydrogens is 376 g/mol. The standard InChI is InChI=1S/C17H17ClN4OS2/c1-11(16(23)19-13-6-3-5-12(18)9-13)25-17-21-20-15(22(17)2)10-14-7-4-8-24-14/h3-9,11H,10H2,1-2H3,(H,19,23)/t11-/m1/s1. The molecule has 3 rings (SSSR count). The number of benzene rings is 1. The molecule has 1 N–H and O–H groups in total. The number of hydrogen-bond donors (Lipinski definition) is 1. The van der Waals surface area contributed by atoms with E-state index in [9.17, 15) is 4.79 Å². The zero-order valence-electron chi connectivity index (χ0n) is 13.8. The summed E-state index contributed by atoms with van der Waals surface area (Å²) in [5.41, 5.74) is 0.682. The lowest BCUT2D eigenvalue weighted by molar-refractivity contribution is -0.115. The molecule has 0 saturated heterocycles. The minimum atomic E-state index is -0.309. The number of nitrogens with zero attached hydrogens (tertiary/aromatic N) is 3. The van der Waals surface area contributed by atoms with Crippen molar-refractivity contribution >= 4 is 46.3 Å². The second kappa shape index (κ2) is 8.03. The number of anilines is 1. The number of thiophene rings is 1. The molecule has 0 aliphatic heterocycles. The summed E-state index contributed by atoms with van der Waals surface area (Å²) in [6.45, 7) is 1.85. The van der Waals surface area contributed by atoms with E-state index in [0.717, 1.165) is 17.4 Å². The highest BCUT2D eigenvalue weighted by atomic mass is 35.5. The molecule has 0 spiro atoms. The maximum atomic E-state index is 12.4. The Bertz CT molecular complexity index is 863. The fourth-order valence-electron chi connectivity index (χ4n) is 2.19. The molecule has 1 amide bonds. The van der Waals surface area contributed by atoms with Crippen LogP contribution in [0.1, 0.15) is 17.6 Å². The van der Waals surface area contributed by atoms with Crippen LogP contribution in [0.2, 0.25) is 5.02 Å². The molecule has 3 aromatic rings. The Morgan fingerprint density at radius 2 is 2.20 bits per heavy atom. The lowest BCUT2D eigenvalue weighted by Crippen LogP contribution is -2.22. The lowest BCUT2D eigenvalue weighted by Gasteiger charge is -2.11. The molecule has 0 radical (unpaired) electrons. The Hall–Kier alpha value is -1.83. The molecule has 0 fully saturated rings. The van der Waals surface area contributed by atoms with Gasteiger partial charge in [-0.25, -0.2) is 0 Å². The summed E-state index contributed by atoms with van der Waals surface area (Å²) >= 11 is 9.02. The molecule has 2 aromatic heterocycles. The monoisotopic (exact) mass is 392 g/mol. The van der Waals surface area contributed by atoms with E-state index in [1.807, 2.05) is 36.1 Å². The summed E-state index contributed by atoms with van der Waals surface area (Å²) in [4.78, 5) is 13.6. The summed E-state index contributed by atoms with van der Waals surface area (Å²) in [6, 6.07) is 11.2. The number of carbonyl (C=O) groups excluding carboxylic acids is 1. The third kappa shape index (κ3) is 4.62. The van der Waals surface area contributed by atoms with Gasteiger partial charge in [-0.2, -0.15) is 0 Å². The fourth-order valence-corrected chi connectivity index (χ4v) is 3.92. The van der Waals surface area contributed by atoms with E-state index >= 15 is 0 Å². The molecule has 25 heavy (non-hydrogen) atoms. The van der Waals surface area contributed by atoms with E-state index in [1.54, 1.807) is 29.5 Å². The van der Waals surface area contributed by atoms with Crippen LogP contribution < -0.4 is 5.32 Å². The van der Waals surface area contributed by atoms with Gasteiger partial charge in [-0.05, 0) is 36.6 Å². The smallest absolute Gasteiger partial charge is 0.237 e. The van der Waals surface area contributed by atoms with Crippen molar-refractivity contribution in [2.45, 2.75) is 23.8 Å². The van der Waals surface area contributed by atoms with E-state index in [1.165, 1.54) is 16.6 Å². The molecule has 130 valence electrons. The average Bonchev–Trinajstić information content (AvgIpc) is 3.20. The zero-order valence-corrected chi connectivity index (χ0v) is 16.2. The van der Waals surface area contributed by atoms with Crippen LogP contribution >= 0.6 is 34.7 Å². The second-order valence-electron chi connectivity index (χ2n) is 5.47. The molecule has 0 unspecified atom stereocenters. The van der Waals surface area contributed by atoms with E-state index in [0.29, 0.717) is 10.7 Å². The lowest BCUT2D eigenvalue weighted by atomic mass is 10.3. The van der Waals surface area contributed by atoms with E-state index < -0.39 is 0 Å². The molecule has 5 nitrogen and oxygen atoms in total. The molecule has 1 atom stereocenters. The molecular formula is C17H17ClN4OS2. The SMILES string of the molecule is C[C@@H](Sc1nnc(Cc2cccs2)n1C)C(=O)Nc1cccc(Cl)c1. The minimum Gasteiger partial charge on any atom is -0.325 e. The Morgan fingerprint density at radius 1 is 1.36 bits per heavy atom. The van der Waals surface area contributed by atoms with Crippen molar-refractivity contribution in [2.75, 3.05) is 5.32 Å². The van der Waals surface area contributed by atoms with Crippen molar-refractivity contribution in [2.24, 2.45) is 7.05 Å². The summed E-state index contributed by atoms with van der Waals surface area (Å²) in [5.74, 6) is 0.780. The summed E-state index contributed by atoms with van der Waals surface area (Å²) < 4.78 is 1.94. The fraction of sp³-hybridized carbons (Fsp3) is 0.235.